The number of benzene rings is 10. The van der Waals surface area contributed by atoms with Gasteiger partial charge in [-0.3, -0.25) is 19.6 Å². The van der Waals surface area contributed by atoms with E-state index in [4.69, 9.17) is 20.4 Å². The highest BCUT2D eigenvalue weighted by Gasteiger charge is 2.37. The fraction of sp³-hybridized carbons (Fsp3) is 0.153. The lowest BCUT2D eigenvalue weighted by atomic mass is 9.80. The molecule has 12 nitrogen and oxygen atoms in total. The third kappa shape index (κ3) is 12.0. The van der Waals surface area contributed by atoms with Crippen LogP contribution in [0.4, 0.5) is 34.1 Å². The fourth-order valence-corrected chi connectivity index (χ4v) is 13.8. The van der Waals surface area contributed by atoms with Crippen molar-refractivity contribution in [2.45, 2.75) is 84.5 Å². The summed E-state index contributed by atoms with van der Waals surface area (Å²) < 4.78 is 0. The molecule has 4 aromatic heterocycles. The Balaban J connectivity index is 0.750. The molecule has 4 heterocycles. The first-order valence-corrected chi connectivity index (χ1v) is 33.7. The highest BCUT2D eigenvalue weighted by Crippen LogP contribution is 2.52. The highest BCUT2D eigenvalue weighted by molar-refractivity contribution is 6.04. The van der Waals surface area contributed by atoms with Crippen LogP contribution in [0.5, 0.6) is 0 Å². The maximum atomic E-state index is 13.1. The van der Waals surface area contributed by atoms with Gasteiger partial charge in [-0.25, -0.2) is 0 Å². The normalized spacial score (nSPS) is 12.2. The molecule has 12 heteroatoms. The molecule has 0 amide bonds. The maximum absolute atomic E-state index is 13.1. The average molecular weight is 1270 g/mol. The van der Waals surface area contributed by atoms with Gasteiger partial charge in [0.1, 0.15) is 22.1 Å². The van der Waals surface area contributed by atoms with E-state index in [1.54, 1.807) is 34.4 Å². The van der Waals surface area contributed by atoms with Gasteiger partial charge in [-0.2, -0.15) is 9.59 Å². The lowest BCUT2D eigenvalue weighted by Gasteiger charge is -2.26. The van der Waals surface area contributed by atoms with E-state index in [1.165, 1.54) is 22.3 Å². The summed E-state index contributed by atoms with van der Waals surface area (Å²) in [6.45, 7) is 8.96. The number of ketones is 2. The van der Waals surface area contributed by atoms with Crippen molar-refractivity contribution in [1.29, 1.82) is 0 Å². The SMILES string of the molecule is CCCCCC(=O)c1ccc(N(c2ccccc2)c2ccc(-c3ccc(-c4ccc5c(c4)C(C)(C)c4cc(-c6ccc(-c7ccc(N(c8ccccc8)c8ccc(C(=O)CCCCC)cc8)cc7)c7nn(-c8ccncc8)nc67)ccc4-5)c4nn(-c5ccncc5)nc34)cc2)cc1. The van der Waals surface area contributed by atoms with Crippen molar-refractivity contribution in [3.8, 4) is 67.0 Å². The van der Waals surface area contributed by atoms with Crippen molar-refractivity contribution >= 4 is 67.8 Å². The Kier molecular flexibility index (Phi) is 16.8. The molecule has 1 aliphatic carbocycles. The molecule has 0 N–H and O–H groups in total. The molecular formula is C85H72N10O2. The van der Waals surface area contributed by atoms with Crippen LogP contribution < -0.4 is 9.80 Å². The standard InChI is InChI=1S/C85H72N10O2/c1-5-7-11-21-79(96)59-27-37-67(38-28-59)92(63-17-13-9-14-18-63)65-33-23-57(24-34-65)71-43-45-73(83-81(71)88-94(90-83)69-47-51-86-52-48-69)61-31-41-75-76-42-32-62(56-78(76)85(3,4)77(75)55-61)74-46-44-72(82-84(74)91-95(89-82)70-49-53-87-54-50-70)58-25-35-66(36-26-58)93(64-19-15-10-16-20-64)68-39-29-60(30-40-68)80(97)22-12-8-6-2/h9-10,13-20,23-56H,5-8,11-12,21-22H2,1-4H3. The van der Waals surface area contributed by atoms with Gasteiger partial charge >= 0.3 is 0 Å². The Morgan fingerprint density at radius 2 is 0.639 bits per heavy atom. The van der Waals surface area contributed by atoms with Crippen LogP contribution in [0.25, 0.3) is 89.1 Å². The first-order valence-electron chi connectivity index (χ1n) is 33.7. The van der Waals surface area contributed by atoms with E-state index in [2.05, 4.69) is 181 Å². The Morgan fingerprint density at radius 1 is 0.340 bits per heavy atom. The van der Waals surface area contributed by atoms with Crippen LogP contribution in [0.3, 0.4) is 0 Å². The topological polar surface area (TPSA) is 128 Å². The van der Waals surface area contributed by atoms with Gasteiger partial charge in [-0.15, -0.1) is 20.4 Å². The Bertz CT molecular complexity index is 4840. The zero-order chi connectivity index (χ0) is 66.0. The first kappa shape index (κ1) is 61.4. The Hall–Kier alpha value is -11.8. The van der Waals surface area contributed by atoms with E-state index in [-0.39, 0.29) is 17.0 Å². The van der Waals surface area contributed by atoms with Crippen molar-refractivity contribution in [3.05, 3.63) is 290 Å². The van der Waals surface area contributed by atoms with Gasteiger partial charge in [0, 0.05) is 111 Å². The van der Waals surface area contributed by atoms with Crippen LogP contribution >= 0.6 is 0 Å². The molecule has 0 fully saturated rings. The Morgan fingerprint density at radius 3 is 0.979 bits per heavy atom. The summed E-state index contributed by atoms with van der Waals surface area (Å²) in [5, 5.41) is 21.0. The number of Topliss-reactive ketones (excluding diaryl/α,β-unsaturated/α-hetero) is 2. The van der Waals surface area contributed by atoms with E-state index in [0.29, 0.717) is 12.8 Å². The van der Waals surface area contributed by atoms with E-state index in [9.17, 15) is 9.59 Å². The van der Waals surface area contributed by atoms with E-state index >= 15 is 0 Å². The minimum Gasteiger partial charge on any atom is -0.311 e. The molecule has 97 heavy (non-hydrogen) atoms. The molecule has 14 aromatic rings. The lowest BCUT2D eigenvalue weighted by molar-refractivity contribution is 0.0971. The van der Waals surface area contributed by atoms with Crippen LogP contribution in [0.2, 0.25) is 0 Å². The summed E-state index contributed by atoms with van der Waals surface area (Å²) in [6.07, 6.45) is 14.3. The van der Waals surface area contributed by atoms with Crippen molar-refractivity contribution in [2.75, 3.05) is 9.80 Å². The number of unbranched alkanes of at least 4 members (excludes halogenated alkanes) is 4. The second kappa shape index (κ2) is 26.6. The Labute approximate surface area is 565 Å². The molecule has 1 aliphatic rings. The highest BCUT2D eigenvalue weighted by atomic mass is 16.1. The summed E-state index contributed by atoms with van der Waals surface area (Å²) in [6, 6.07) is 84.0. The molecule has 0 spiro atoms. The number of fused-ring (bicyclic) bond motifs is 5. The summed E-state index contributed by atoms with van der Waals surface area (Å²) in [7, 11) is 0. The van der Waals surface area contributed by atoms with Gasteiger partial charge in [0.05, 0.1) is 11.4 Å². The van der Waals surface area contributed by atoms with E-state index in [1.807, 2.05) is 109 Å². The number of rotatable bonds is 22. The van der Waals surface area contributed by atoms with Crippen molar-refractivity contribution < 1.29 is 9.59 Å². The van der Waals surface area contributed by atoms with Crippen LogP contribution in [0, 0.1) is 0 Å². The molecule has 0 atom stereocenters. The smallest absolute Gasteiger partial charge is 0.162 e. The van der Waals surface area contributed by atoms with E-state index < -0.39 is 0 Å². The zero-order valence-corrected chi connectivity index (χ0v) is 54.8. The summed E-state index contributed by atoms with van der Waals surface area (Å²) >= 11 is 0. The molecule has 15 rings (SSSR count). The second-order valence-electron chi connectivity index (χ2n) is 25.5. The largest absolute Gasteiger partial charge is 0.311 e. The van der Waals surface area contributed by atoms with Crippen LogP contribution in [-0.2, 0) is 5.41 Å². The molecule has 474 valence electrons. The maximum Gasteiger partial charge on any atom is 0.162 e. The van der Waals surface area contributed by atoms with Crippen molar-refractivity contribution in [3.63, 3.8) is 0 Å². The quantitative estimate of drug-likeness (QED) is 0.0478. The van der Waals surface area contributed by atoms with Crippen molar-refractivity contribution in [1.82, 2.24) is 40.0 Å². The number of para-hydroxylation sites is 2. The fourth-order valence-electron chi connectivity index (χ4n) is 13.8. The van der Waals surface area contributed by atoms with Crippen LogP contribution in [0.15, 0.2) is 267 Å². The number of carbonyl (C=O) groups is 2. The molecule has 0 aliphatic heterocycles. The lowest BCUT2D eigenvalue weighted by Crippen LogP contribution is -2.15. The number of hydrogen-bond donors (Lipinski definition) is 0. The number of nitrogens with zero attached hydrogens (tertiary/aromatic N) is 10. The zero-order valence-electron chi connectivity index (χ0n) is 54.8. The van der Waals surface area contributed by atoms with Gasteiger partial charge in [-0.1, -0.05) is 163 Å². The third-order valence-corrected chi connectivity index (χ3v) is 19.0. The molecule has 0 radical (unpaired) electrons. The summed E-state index contributed by atoms with van der Waals surface area (Å²) in [5.74, 6) is 0.362. The minimum absolute atomic E-state index is 0.181. The van der Waals surface area contributed by atoms with E-state index in [0.717, 1.165) is 162 Å². The molecule has 0 saturated carbocycles. The predicted octanol–water partition coefficient (Wildman–Crippen LogP) is 21.4. The third-order valence-electron chi connectivity index (χ3n) is 19.0. The first-order chi connectivity index (χ1) is 47.6. The molecular weight excluding hydrogens is 1190 g/mol. The predicted molar refractivity (Wildman–Crippen MR) is 392 cm³/mol. The number of pyridine rings is 2. The number of anilines is 6. The number of hydrogen-bond acceptors (Lipinski definition) is 10. The monoisotopic (exact) mass is 1260 g/mol. The van der Waals surface area contributed by atoms with Gasteiger partial charge in [0.15, 0.2) is 11.6 Å². The summed E-state index contributed by atoms with van der Waals surface area (Å²) in [5.41, 5.74) is 24.6. The number of aromatic nitrogens is 8. The number of carbonyl (C=O) groups excluding carboxylic acids is 2. The van der Waals surface area contributed by atoms with Crippen LogP contribution in [-0.4, -0.2) is 51.5 Å². The van der Waals surface area contributed by atoms with Gasteiger partial charge in [-0.05, 0) is 191 Å². The average Bonchev–Trinajstić information content (AvgIpc) is 1.57. The molecule has 10 aromatic carbocycles. The second-order valence-corrected chi connectivity index (χ2v) is 25.5. The van der Waals surface area contributed by atoms with Crippen molar-refractivity contribution in [2.24, 2.45) is 0 Å². The molecule has 0 unspecified atom stereocenters. The molecule has 0 saturated heterocycles. The molecule has 0 bridgehead atoms. The summed E-state index contributed by atoms with van der Waals surface area (Å²) in [4.78, 5) is 42.7. The minimum atomic E-state index is -0.385. The van der Waals surface area contributed by atoms with Gasteiger partial charge < -0.3 is 9.80 Å². The van der Waals surface area contributed by atoms with Gasteiger partial charge in [0.25, 0.3) is 0 Å². The van der Waals surface area contributed by atoms with Crippen LogP contribution in [0.1, 0.15) is 111 Å². The van der Waals surface area contributed by atoms with Gasteiger partial charge in [0.2, 0.25) is 0 Å².